The number of carboxylic acid groups (broad SMARTS) is 1. The summed E-state index contributed by atoms with van der Waals surface area (Å²) in [7, 11) is 0. The molecule has 0 aliphatic carbocycles. The van der Waals surface area contributed by atoms with Crippen molar-refractivity contribution in [3.05, 3.63) is 51.7 Å². The van der Waals surface area contributed by atoms with E-state index in [9.17, 15) is 22.8 Å². The van der Waals surface area contributed by atoms with Gasteiger partial charge in [0, 0.05) is 4.88 Å². The maximum Gasteiger partial charge on any atom is 0.338 e. The van der Waals surface area contributed by atoms with Crippen LogP contribution in [0.15, 0.2) is 18.2 Å². The van der Waals surface area contributed by atoms with E-state index in [1.807, 2.05) is 0 Å². The first-order valence-electron chi connectivity index (χ1n) is 5.60. The van der Waals surface area contributed by atoms with Crippen LogP contribution >= 0.6 is 11.3 Å². The van der Waals surface area contributed by atoms with Gasteiger partial charge in [-0.1, -0.05) is 0 Å². The van der Waals surface area contributed by atoms with Gasteiger partial charge in [-0.05, 0) is 25.1 Å². The molecule has 0 fully saturated rings. The quantitative estimate of drug-likeness (QED) is 0.853. The lowest BCUT2D eigenvalue weighted by Crippen LogP contribution is -2.16. The van der Waals surface area contributed by atoms with E-state index < -0.39 is 34.9 Å². The molecule has 4 nitrogen and oxygen atoms in total. The van der Waals surface area contributed by atoms with Crippen molar-refractivity contribution in [2.75, 3.05) is 5.32 Å². The second-order valence-corrected chi connectivity index (χ2v) is 5.34. The number of carbonyl (C=O) groups is 2. The van der Waals surface area contributed by atoms with Crippen LogP contribution in [0.4, 0.5) is 18.2 Å². The Bertz CT molecular complexity index is 743. The molecule has 2 aromatic rings. The van der Waals surface area contributed by atoms with Crippen molar-refractivity contribution in [2.45, 2.75) is 6.92 Å². The SMILES string of the molecule is Cc1cc(C(=O)O)c(NC(=O)c2ccc(F)c(F)c2F)s1. The number of rotatable bonds is 3. The van der Waals surface area contributed by atoms with Gasteiger partial charge < -0.3 is 10.4 Å². The van der Waals surface area contributed by atoms with E-state index in [-0.39, 0.29) is 10.6 Å². The van der Waals surface area contributed by atoms with Crippen LogP contribution in [-0.2, 0) is 0 Å². The van der Waals surface area contributed by atoms with Gasteiger partial charge in [0.2, 0.25) is 0 Å². The third-order valence-corrected chi connectivity index (χ3v) is 3.56. The van der Waals surface area contributed by atoms with Gasteiger partial charge in [0.1, 0.15) is 5.00 Å². The van der Waals surface area contributed by atoms with E-state index >= 15 is 0 Å². The number of anilines is 1. The van der Waals surface area contributed by atoms with Crippen molar-refractivity contribution in [3.63, 3.8) is 0 Å². The first kappa shape index (κ1) is 15.0. The maximum absolute atomic E-state index is 13.5. The molecule has 0 spiro atoms. The van der Waals surface area contributed by atoms with E-state index in [0.29, 0.717) is 10.9 Å². The van der Waals surface area contributed by atoms with Crippen LogP contribution in [0.5, 0.6) is 0 Å². The van der Waals surface area contributed by atoms with Gasteiger partial charge in [0.15, 0.2) is 17.5 Å². The Morgan fingerprint density at radius 3 is 2.43 bits per heavy atom. The number of hydrogen-bond acceptors (Lipinski definition) is 3. The summed E-state index contributed by atoms with van der Waals surface area (Å²) in [6.45, 7) is 1.63. The van der Waals surface area contributed by atoms with Crippen LogP contribution in [-0.4, -0.2) is 17.0 Å². The molecule has 1 heterocycles. The Morgan fingerprint density at radius 1 is 1.14 bits per heavy atom. The molecule has 1 aromatic carbocycles. The molecule has 0 aliphatic rings. The minimum Gasteiger partial charge on any atom is -0.478 e. The fraction of sp³-hybridized carbons (Fsp3) is 0.0769. The molecule has 0 unspecified atom stereocenters. The minimum absolute atomic E-state index is 0.00543. The van der Waals surface area contributed by atoms with E-state index in [4.69, 9.17) is 5.11 Å². The highest BCUT2D eigenvalue weighted by Gasteiger charge is 2.21. The molecule has 0 saturated heterocycles. The summed E-state index contributed by atoms with van der Waals surface area (Å²) in [4.78, 5) is 23.5. The Balaban J connectivity index is 2.35. The van der Waals surface area contributed by atoms with Crippen molar-refractivity contribution in [3.8, 4) is 0 Å². The maximum atomic E-state index is 13.5. The minimum atomic E-state index is -1.76. The van der Waals surface area contributed by atoms with Crippen LogP contribution in [0.3, 0.4) is 0 Å². The Morgan fingerprint density at radius 2 is 1.81 bits per heavy atom. The number of carbonyl (C=O) groups excluding carboxylic acids is 1. The fourth-order valence-corrected chi connectivity index (χ4v) is 2.54. The summed E-state index contributed by atoms with van der Waals surface area (Å²) in [6.07, 6.45) is 0. The second kappa shape index (κ2) is 5.57. The first-order chi connectivity index (χ1) is 9.81. The average molecular weight is 315 g/mol. The highest BCUT2D eigenvalue weighted by atomic mass is 32.1. The van der Waals surface area contributed by atoms with Gasteiger partial charge in [-0.25, -0.2) is 18.0 Å². The summed E-state index contributed by atoms with van der Waals surface area (Å²) in [5.41, 5.74) is -0.870. The van der Waals surface area contributed by atoms with E-state index in [0.717, 1.165) is 17.4 Å². The zero-order chi connectivity index (χ0) is 15.7. The van der Waals surface area contributed by atoms with Crippen LogP contribution in [0, 0.1) is 24.4 Å². The zero-order valence-electron chi connectivity index (χ0n) is 10.5. The monoisotopic (exact) mass is 315 g/mol. The molecule has 110 valence electrons. The lowest BCUT2D eigenvalue weighted by Gasteiger charge is -2.06. The molecule has 2 N–H and O–H groups in total. The molecule has 2 rings (SSSR count). The largest absolute Gasteiger partial charge is 0.478 e. The molecule has 0 saturated carbocycles. The number of aromatic carboxylic acids is 1. The van der Waals surface area contributed by atoms with Crippen molar-refractivity contribution in [1.29, 1.82) is 0 Å². The molecule has 0 radical (unpaired) electrons. The highest BCUT2D eigenvalue weighted by molar-refractivity contribution is 7.16. The van der Waals surface area contributed by atoms with Gasteiger partial charge in [-0.3, -0.25) is 4.79 Å². The summed E-state index contributed by atoms with van der Waals surface area (Å²) >= 11 is 0.976. The van der Waals surface area contributed by atoms with Crippen molar-refractivity contribution in [2.24, 2.45) is 0 Å². The molecular formula is C13H8F3NO3S. The number of halogens is 3. The fourth-order valence-electron chi connectivity index (χ4n) is 1.64. The molecule has 0 atom stereocenters. The number of thiophene rings is 1. The number of aryl methyl sites for hydroxylation is 1. The summed E-state index contributed by atoms with van der Waals surface area (Å²) in [6, 6.07) is 2.74. The van der Waals surface area contributed by atoms with E-state index in [2.05, 4.69) is 5.32 Å². The van der Waals surface area contributed by atoms with Crippen molar-refractivity contribution in [1.82, 2.24) is 0 Å². The van der Waals surface area contributed by atoms with Gasteiger partial charge >= 0.3 is 5.97 Å². The summed E-state index contributed by atoms with van der Waals surface area (Å²) < 4.78 is 39.4. The molecule has 0 bridgehead atoms. The highest BCUT2D eigenvalue weighted by Crippen LogP contribution is 2.28. The van der Waals surface area contributed by atoms with Crippen LogP contribution < -0.4 is 5.32 Å². The third kappa shape index (κ3) is 2.89. The zero-order valence-corrected chi connectivity index (χ0v) is 11.4. The Labute approximate surface area is 120 Å². The second-order valence-electron chi connectivity index (χ2n) is 4.08. The normalized spacial score (nSPS) is 10.5. The van der Waals surface area contributed by atoms with Gasteiger partial charge in [0.25, 0.3) is 5.91 Å². The molecule has 8 heteroatoms. The standard InChI is InChI=1S/C13H8F3NO3S/c1-5-4-7(13(19)20)12(21-5)17-11(18)6-2-3-8(14)10(16)9(6)15/h2-4H,1H3,(H,17,18)(H,19,20). The molecule has 21 heavy (non-hydrogen) atoms. The van der Waals surface area contributed by atoms with Crippen LogP contribution in [0.1, 0.15) is 25.6 Å². The summed E-state index contributed by atoms with van der Waals surface area (Å²) in [5.74, 6) is -7.13. The lowest BCUT2D eigenvalue weighted by molar-refractivity contribution is 0.0698. The molecule has 0 aliphatic heterocycles. The topological polar surface area (TPSA) is 66.4 Å². The van der Waals surface area contributed by atoms with Crippen LogP contribution in [0.2, 0.25) is 0 Å². The average Bonchev–Trinajstić information content (AvgIpc) is 2.77. The molecule has 1 aromatic heterocycles. The van der Waals surface area contributed by atoms with Gasteiger partial charge in [-0.2, -0.15) is 0 Å². The van der Waals surface area contributed by atoms with Crippen LogP contribution in [0.25, 0.3) is 0 Å². The van der Waals surface area contributed by atoms with Crippen molar-refractivity contribution < 1.29 is 27.9 Å². The predicted octanol–water partition coefficient (Wildman–Crippen LogP) is 3.42. The first-order valence-corrected chi connectivity index (χ1v) is 6.41. The number of hydrogen-bond donors (Lipinski definition) is 2. The Kier molecular flexibility index (Phi) is 3.99. The van der Waals surface area contributed by atoms with Crippen molar-refractivity contribution >= 4 is 28.2 Å². The number of amides is 1. The number of nitrogens with one attached hydrogen (secondary N) is 1. The number of carboxylic acids is 1. The molecule has 1 amide bonds. The predicted molar refractivity (Wildman–Crippen MR) is 70.3 cm³/mol. The molecular weight excluding hydrogens is 307 g/mol. The van der Waals surface area contributed by atoms with E-state index in [1.54, 1.807) is 6.92 Å². The van der Waals surface area contributed by atoms with Gasteiger partial charge in [0.05, 0.1) is 11.1 Å². The lowest BCUT2D eigenvalue weighted by atomic mass is 10.2. The smallest absolute Gasteiger partial charge is 0.338 e. The summed E-state index contributed by atoms with van der Waals surface area (Å²) in [5, 5.41) is 11.1. The Hall–Kier alpha value is -2.35. The number of benzene rings is 1. The van der Waals surface area contributed by atoms with Gasteiger partial charge in [-0.15, -0.1) is 11.3 Å². The third-order valence-electron chi connectivity index (χ3n) is 2.59. The van der Waals surface area contributed by atoms with E-state index in [1.165, 1.54) is 6.07 Å².